The number of ether oxygens (including phenoxy) is 1. The first-order valence-corrected chi connectivity index (χ1v) is 12.0. The van der Waals surface area contributed by atoms with E-state index in [-0.39, 0.29) is 5.91 Å². The monoisotopic (exact) mass is 487 g/mol. The molecule has 0 radical (unpaired) electrons. The molecule has 1 aliphatic heterocycles. The second-order valence-electron chi connectivity index (χ2n) is 7.39. The Morgan fingerprint density at radius 1 is 1.20 bits per heavy atom. The van der Waals surface area contributed by atoms with Crippen LogP contribution in [-0.2, 0) is 11.2 Å². The summed E-state index contributed by atoms with van der Waals surface area (Å²) < 4.78 is 7.53. The van der Waals surface area contributed by atoms with Gasteiger partial charge >= 0.3 is 0 Å². The summed E-state index contributed by atoms with van der Waals surface area (Å²) in [7, 11) is 0. The molecule has 1 saturated heterocycles. The maximum Gasteiger partial charge on any atom is 0.260 e. The van der Waals surface area contributed by atoms with E-state index in [4.69, 9.17) is 9.72 Å². The third kappa shape index (κ3) is 4.91. The van der Waals surface area contributed by atoms with E-state index in [0.717, 1.165) is 65.5 Å². The second kappa shape index (κ2) is 10.0. The standard InChI is InChI=1S/C23H26BrN3O2S/c1-2-17-5-3-6-20-21(17)25-23(30-20)27(12-4-11-26-13-15-29-16-14-26)22(28)18-7-9-19(24)10-8-18/h3,5-10H,2,4,11-16H2,1H3. The van der Waals surface area contributed by atoms with Crippen LogP contribution in [-0.4, -0.2) is 55.2 Å². The molecule has 30 heavy (non-hydrogen) atoms. The van der Waals surface area contributed by atoms with Crippen LogP contribution in [0.15, 0.2) is 46.9 Å². The molecule has 158 valence electrons. The van der Waals surface area contributed by atoms with Crippen LogP contribution in [0.25, 0.3) is 10.2 Å². The molecule has 7 heteroatoms. The van der Waals surface area contributed by atoms with Gasteiger partial charge in [-0.15, -0.1) is 0 Å². The van der Waals surface area contributed by atoms with Gasteiger partial charge in [0.15, 0.2) is 5.13 Å². The number of benzene rings is 2. The van der Waals surface area contributed by atoms with Crippen LogP contribution in [0.1, 0.15) is 29.3 Å². The van der Waals surface area contributed by atoms with Gasteiger partial charge in [0.25, 0.3) is 5.91 Å². The van der Waals surface area contributed by atoms with Gasteiger partial charge in [0.1, 0.15) is 0 Å². The van der Waals surface area contributed by atoms with E-state index < -0.39 is 0 Å². The van der Waals surface area contributed by atoms with Gasteiger partial charge in [0, 0.05) is 36.2 Å². The number of nitrogens with zero attached hydrogens (tertiary/aromatic N) is 3. The molecule has 3 aromatic rings. The summed E-state index contributed by atoms with van der Waals surface area (Å²) in [6, 6.07) is 13.8. The van der Waals surface area contributed by atoms with Gasteiger partial charge in [-0.05, 0) is 48.7 Å². The smallest absolute Gasteiger partial charge is 0.260 e. The summed E-state index contributed by atoms with van der Waals surface area (Å²) in [6.45, 7) is 7.24. The topological polar surface area (TPSA) is 45.7 Å². The molecule has 2 heterocycles. The highest BCUT2D eigenvalue weighted by atomic mass is 79.9. The highest BCUT2D eigenvalue weighted by Crippen LogP contribution is 2.32. The summed E-state index contributed by atoms with van der Waals surface area (Å²) in [5, 5.41) is 0.779. The van der Waals surface area contributed by atoms with Crippen LogP contribution in [0.4, 0.5) is 5.13 Å². The van der Waals surface area contributed by atoms with Crippen molar-refractivity contribution in [1.82, 2.24) is 9.88 Å². The van der Waals surface area contributed by atoms with E-state index in [2.05, 4.69) is 46.0 Å². The fourth-order valence-corrected chi connectivity index (χ4v) is 5.01. The van der Waals surface area contributed by atoms with Crippen molar-refractivity contribution in [1.29, 1.82) is 0 Å². The quantitative estimate of drug-likeness (QED) is 0.470. The average Bonchev–Trinajstić information content (AvgIpc) is 3.21. The minimum absolute atomic E-state index is 0.00146. The Balaban J connectivity index is 1.59. The van der Waals surface area contributed by atoms with E-state index in [1.807, 2.05) is 29.2 Å². The first-order chi connectivity index (χ1) is 14.7. The molecule has 1 aliphatic rings. The van der Waals surface area contributed by atoms with Crippen molar-refractivity contribution in [3.8, 4) is 0 Å². The average molecular weight is 488 g/mol. The van der Waals surface area contributed by atoms with E-state index in [1.165, 1.54) is 5.56 Å². The minimum Gasteiger partial charge on any atom is -0.379 e. The van der Waals surface area contributed by atoms with Crippen LogP contribution in [0.5, 0.6) is 0 Å². The number of aromatic nitrogens is 1. The van der Waals surface area contributed by atoms with Gasteiger partial charge in [-0.2, -0.15) is 0 Å². The number of thiazole rings is 1. The lowest BCUT2D eigenvalue weighted by molar-refractivity contribution is 0.0376. The zero-order valence-corrected chi connectivity index (χ0v) is 19.5. The van der Waals surface area contributed by atoms with Crippen molar-refractivity contribution in [2.75, 3.05) is 44.3 Å². The number of carbonyl (C=O) groups excluding carboxylic acids is 1. The van der Waals surface area contributed by atoms with E-state index in [9.17, 15) is 4.79 Å². The Morgan fingerprint density at radius 3 is 2.70 bits per heavy atom. The van der Waals surface area contributed by atoms with Gasteiger partial charge in [-0.1, -0.05) is 46.3 Å². The van der Waals surface area contributed by atoms with Crippen LogP contribution in [0.3, 0.4) is 0 Å². The number of para-hydroxylation sites is 1. The molecular formula is C23H26BrN3O2S. The summed E-state index contributed by atoms with van der Waals surface area (Å²) in [5.41, 5.74) is 2.92. The summed E-state index contributed by atoms with van der Waals surface area (Å²) in [5.74, 6) is 0.00146. The van der Waals surface area contributed by atoms with Gasteiger partial charge in [0.05, 0.1) is 23.4 Å². The highest BCUT2D eigenvalue weighted by molar-refractivity contribution is 9.10. The molecule has 0 unspecified atom stereocenters. The number of hydrogen-bond acceptors (Lipinski definition) is 5. The fraction of sp³-hybridized carbons (Fsp3) is 0.391. The third-order valence-corrected chi connectivity index (χ3v) is 6.97. The molecule has 1 fully saturated rings. The predicted octanol–water partition coefficient (Wildman–Crippen LogP) is 4.99. The lowest BCUT2D eigenvalue weighted by Gasteiger charge is -2.27. The summed E-state index contributed by atoms with van der Waals surface area (Å²) in [6.07, 6.45) is 1.83. The van der Waals surface area contributed by atoms with E-state index in [0.29, 0.717) is 12.1 Å². The molecule has 0 N–H and O–H groups in total. The summed E-state index contributed by atoms with van der Waals surface area (Å²) >= 11 is 5.05. The van der Waals surface area contributed by atoms with Gasteiger partial charge < -0.3 is 4.74 Å². The van der Waals surface area contributed by atoms with Crippen molar-refractivity contribution in [3.63, 3.8) is 0 Å². The second-order valence-corrected chi connectivity index (χ2v) is 9.31. The number of fused-ring (bicyclic) bond motifs is 1. The molecule has 0 spiro atoms. The number of aryl methyl sites for hydroxylation is 1. The van der Waals surface area contributed by atoms with Crippen molar-refractivity contribution in [3.05, 3.63) is 58.1 Å². The minimum atomic E-state index is 0.00146. The Morgan fingerprint density at radius 2 is 1.97 bits per heavy atom. The molecular weight excluding hydrogens is 462 g/mol. The van der Waals surface area contributed by atoms with Crippen molar-refractivity contribution in [2.24, 2.45) is 0 Å². The first-order valence-electron chi connectivity index (χ1n) is 10.4. The number of carbonyl (C=O) groups is 1. The lowest BCUT2D eigenvalue weighted by Crippen LogP contribution is -2.39. The maximum atomic E-state index is 13.4. The fourth-order valence-electron chi connectivity index (χ4n) is 3.70. The maximum absolute atomic E-state index is 13.4. The number of amides is 1. The van der Waals surface area contributed by atoms with Crippen LogP contribution >= 0.6 is 27.3 Å². The Hall–Kier alpha value is -1.80. The largest absolute Gasteiger partial charge is 0.379 e. The molecule has 0 bridgehead atoms. The van der Waals surface area contributed by atoms with Crippen molar-refractivity contribution < 1.29 is 9.53 Å². The first kappa shape index (κ1) is 21.4. The van der Waals surface area contributed by atoms with Crippen molar-refractivity contribution >= 4 is 48.5 Å². The molecule has 0 saturated carbocycles. The number of halogens is 1. The highest BCUT2D eigenvalue weighted by Gasteiger charge is 2.22. The number of morpholine rings is 1. The number of anilines is 1. The molecule has 0 atom stereocenters. The molecule has 1 amide bonds. The molecule has 0 aliphatic carbocycles. The zero-order chi connectivity index (χ0) is 20.9. The molecule has 4 rings (SSSR count). The van der Waals surface area contributed by atoms with Gasteiger partial charge in [-0.25, -0.2) is 4.98 Å². The number of rotatable bonds is 7. The lowest BCUT2D eigenvalue weighted by atomic mass is 10.1. The van der Waals surface area contributed by atoms with Gasteiger partial charge in [0.2, 0.25) is 0 Å². The van der Waals surface area contributed by atoms with Crippen LogP contribution < -0.4 is 4.90 Å². The summed E-state index contributed by atoms with van der Waals surface area (Å²) in [4.78, 5) is 22.6. The number of hydrogen-bond donors (Lipinski definition) is 0. The van der Waals surface area contributed by atoms with Gasteiger partial charge in [-0.3, -0.25) is 14.6 Å². The Bertz CT molecular complexity index is 999. The van der Waals surface area contributed by atoms with E-state index >= 15 is 0 Å². The van der Waals surface area contributed by atoms with Crippen molar-refractivity contribution in [2.45, 2.75) is 19.8 Å². The normalized spacial score (nSPS) is 14.9. The van der Waals surface area contributed by atoms with E-state index in [1.54, 1.807) is 11.3 Å². The molecule has 1 aromatic heterocycles. The zero-order valence-electron chi connectivity index (χ0n) is 17.1. The third-order valence-electron chi connectivity index (χ3n) is 5.40. The Kier molecular flexibility index (Phi) is 7.15. The SMILES string of the molecule is CCc1cccc2sc(N(CCCN3CCOCC3)C(=O)c3ccc(Br)cc3)nc12. The molecule has 2 aromatic carbocycles. The van der Waals surface area contributed by atoms with Crippen LogP contribution in [0.2, 0.25) is 0 Å². The Labute approximate surface area is 189 Å². The van der Waals surface area contributed by atoms with Crippen LogP contribution in [0, 0.1) is 0 Å². The predicted molar refractivity (Wildman–Crippen MR) is 127 cm³/mol. The molecule has 5 nitrogen and oxygen atoms in total.